The Kier molecular flexibility index (Phi) is 4.97. The molecule has 1 aromatic carbocycles. The van der Waals surface area contributed by atoms with Crippen LogP contribution in [0.1, 0.15) is 12.5 Å². The molecule has 1 aromatic rings. The van der Waals surface area contributed by atoms with Crippen molar-refractivity contribution in [3.05, 3.63) is 35.9 Å². The fourth-order valence-corrected chi connectivity index (χ4v) is 1.57. The molecule has 0 bridgehead atoms. The number of ether oxygens (including phenoxy) is 1. The van der Waals surface area contributed by atoms with E-state index in [0.29, 0.717) is 19.6 Å². The lowest BCUT2D eigenvalue weighted by Crippen LogP contribution is -2.44. The van der Waals surface area contributed by atoms with Crippen molar-refractivity contribution in [3.8, 4) is 6.07 Å². The van der Waals surface area contributed by atoms with Crippen molar-refractivity contribution in [2.75, 3.05) is 20.3 Å². The predicted molar refractivity (Wildman–Crippen MR) is 64.0 cm³/mol. The van der Waals surface area contributed by atoms with Crippen molar-refractivity contribution < 1.29 is 4.74 Å². The Morgan fingerprint density at radius 1 is 1.38 bits per heavy atom. The van der Waals surface area contributed by atoms with Crippen LogP contribution in [0.4, 0.5) is 0 Å². The number of benzene rings is 1. The van der Waals surface area contributed by atoms with Gasteiger partial charge in [0.2, 0.25) is 0 Å². The molecule has 0 saturated carbocycles. The van der Waals surface area contributed by atoms with E-state index in [0.717, 1.165) is 5.56 Å². The second kappa shape index (κ2) is 6.26. The Morgan fingerprint density at radius 2 is 2.06 bits per heavy atom. The second-order valence-corrected chi connectivity index (χ2v) is 4.03. The van der Waals surface area contributed by atoms with Gasteiger partial charge in [0.25, 0.3) is 0 Å². The van der Waals surface area contributed by atoms with Gasteiger partial charge in [-0.05, 0) is 12.5 Å². The van der Waals surface area contributed by atoms with Crippen LogP contribution in [0.3, 0.4) is 0 Å². The van der Waals surface area contributed by atoms with Crippen molar-refractivity contribution in [1.29, 1.82) is 5.26 Å². The zero-order valence-electron chi connectivity index (χ0n) is 9.86. The van der Waals surface area contributed by atoms with Gasteiger partial charge in [-0.25, -0.2) is 0 Å². The van der Waals surface area contributed by atoms with Gasteiger partial charge in [0.1, 0.15) is 5.54 Å². The quantitative estimate of drug-likeness (QED) is 0.740. The van der Waals surface area contributed by atoms with Crippen LogP contribution in [0.2, 0.25) is 0 Å². The summed E-state index contributed by atoms with van der Waals surface area (Å²) >= 11 is 0. The highest BCUT2D eigenvalue weighted by Gasteiger charge is 2.22. The summed E-state index contributed by atoms with van der Waals surface area (Å²) in [6, 6.07) is 12.3. The lowest BCUT2D eigenvalue weighted by Gasteiger charge is -2.23. The fourth-order valence-electron chi connectivity index (χ4n) is 1.57. The smallest absolute Gasteiger partial charge is 0.108 e. The van der Waals surface area contributed by atoms with E-state index in [1.165, 1.54) is 0 Å². The van der Waals surface area contributed by atoms with E-state index >= 15 is 0 Å². The summed E-state index contributed by atoms with van der Waals surface area (Å²) in [6.07, 6.45) is 0.702. The fraction of sp³-hybridized carbons (Fsp3) is 0.462. The Labute approximate surface area is 97.0 Å². The number of hydrogen-bond acceptors (Lipinski definition) is 3. The lowest BCUT2D eigenvalue weighted by atomic mass is 9.94. The Bertz CT molecular complexity index is 345. The van der Waals surface area contributed by atoms with Crippen molar-refractivity contribution in [2.24, 2.45) is 0 Å². The molecule has 0 radical (unpaired) electrons. The van der Waals surface area contributed by atoms with Crippen LogP contribution in [0, 0.1) is 11.3 Å². The third-order valence-corrected chi connectivity index (χ3v) is 2.47. The van der Waals surface area contributed by atoms with Gasteiger partial charge in [-0.1, -0.05) is 30.3 Å². The Balaban J connectivity index is 2.57. The largest absolute Gasteiger partial charge is 0.383 e. The van der Waals surface area contributed by atoms with Crippen molar-refractivity contribution in [3.63, 3.8) is 0 Å². The van der Waals surface area contributed by atoms with Gasteiger partial charge in [-0.2, -0.15) is 5.26 Å². The topological polar surface area (TPSA) is 45.0 Å². The van der Waals surface area contributed by atoms with Crippen LogP contribution in [-0.2, 0) is 11.2 Å². The van der Waals surface area contributed by atoms with Gasteiger partial charge in [0, 0.05) is 20.1 Å². The molecule has 16 heavy (non-hydrogen) atoms. The molecule has 0 aliphatic carbocycles. The molecule has 0 heterocycles. The van der Waals surface area contributed by atoms with E-state index in [-0.39, 0.29) is 0 Å². The predicted octanol–water partition coefficient (Wildman–Crippen LogP) is 1.75. The van der Waals surface area contributed by atoms with Crippen LogP contribution >= 0.6 is 0 Å². The zero-order chi connectivity index (χ0) is 11.9. The maximum absolute atomic E-state index is 9.19. The van der Waals surface area contributed by atoms with Gasteiger partial charge in [0.15, 0.2) is 0 Å². The summed E-state index contributed by atoms with van der Waals surface area (Å²) in [6.45, 7) is 3.22. The maximum atomic E-state index is 9.19. The third-order valence-electron chi connectivity index (χ3n) is 2.47. The first kappa shape index (κ1) is 12.7. The van der Waals surface area contributed by atoms with E-state index in [1.54, 1.807) is 7.11 Å². The minimum Gasteiger partial charge on any atom is -0.383 e. The summed E-state index contributed by atoms with van der Waals surface area (Å²) in [5.74, 6) is 0. The van der Waals surface area contributed by atoms with E-state index in [9.17, 15) is 5.26 Å². The van der Waals surface area contributed by atoms with Crippen LogP contribution in [-0.4, -0.2) is 25.8 Å². The van der Waals surface area contributed by atoms with Crippen LogP contribution in [0.25, 0.3) is 0 Å². The molecule has 0 aliphatic heterocycles. The number of nitrogens with one attached hydrogen (secondary N) is 1. The van der Waals surface area contributed by atoms with E-state index < -0.39 is 5.54 Å². The molecule has 0 amide bonds. The molecule has 0 aliphatic rings. The zero-order valence-corrected chi connectivity index (χ0v) is 9.86. The average Bonchev–Trinajstić information content (AvgIpc) is 2.31. The summed E-state index contributed by atoms with van der Waals surface area (Å²) in [5.41, 5.74) is 0.636. The molecule has 0 fully saturated rings. The van der Waals surface area contributed by atoms with Crippen molar-refractivity contribution in [2.45, 2.75) is 18.9 Å². The molecule has 1 atom stereocenters. The summed E-state index contributed by atoms with van der Waals surface area (Å²) in [4.78, 5) is 0. The molecular formula is C13H18N2O. The van der Waals surface area contributed by atoms with Crippen LogP contribution in [0.5, 0.6) is 0 Å². The van der Waals surface area contributed by atoms with Crippen LogP contribution < -0.4 is 5.32 Å². The standard InChI is InChI=1S/C13H18N2O/c1-13(11-14,15-8-9-16-2)10-12-6-4-3-5-7-12/h3-7,15H,8-10H2,1-2H3. The highest BCUT2D eigenvalue weighted by Crippen LogP contribution is 2.11. The SMILES string of the molecule is COCCNC(C)(C#N)Cc1ccccc1. The third kappa shape index (κ3) is 4.01. The van der Waals surface area contributed by atoms with Gasteiger partial charge in [-0.15, -0.1) is 0 Å². The summed E-state index contributed by atoms with van der Waals surface area (Å²) in [7, 11) is 1.66. The first-order valence-corrected chi connectivity index (χ1v) is 5.39. The summed E-state index contributed by atoms with van der Waals surface area (Å²) < 4.78 is 4.96. The molecule has 0 spiro atoms. The van der Waals surface area contributed by atoms with Gasteiger partial charge >= 0.3 is 0 Å². The Morgan fingerprint density at radius 3 is 2.62 bits per heavy atom. The Hall–Kier alpha value is -1.37. The first-order valence-electron chi connectivity index (χ1n) is 5.39. The van der Waals surface area contributed by atoms with E-state index in [1.807, 2.05) is 37.3 Å². The molecule has 3 heteroatoms. The van der Waals surface area contributed by atoms with Gasteiger partial charge in [0.05, 0.1) is 12.7 Å². The average molecular weight is 218 g/mol. The summed E-state index contributed by atoms with van der Waals surface area (Å²) in [5, 5.41) is 12.4. The first-order chi connectivity index (χ1) is 7.70. The highest BCUT2D eigenvalue weighted by molar-refractivity contribution is 5.21. The van der Waals surface area contributed by atoms with Crippen molar-refractivity contribution >= 4 is 0 Å². The highest BCUT2D eigenvalue weighted by atomic mass is 16.5. The van der Waals surface area contributed by atoms with E-state index in [4.69, 9.17) is 4.74 Å². The molecular weight excluding hydrogens is 200 g/mol. The maximum Gasteiger partial charge on any atom is 0.108 e. The molecule has 1 N–H and O–H groups in total. The number of nitriles is 1. The van der Waals surface area contributed by atoms with Gasteiger partial charge in [-0.3, -0.25) is 5.32 Å². The molecule has 3 nitrogen and oxygen atoms in total. The van der Waals surface area contributed by atoms with E-state index in [2.05, 4.69) is 11.4 Å². The number of nitrogens with zero attached hydrogens (tertiary/aromatic N) is 1. The molecule has 0 saturated heterocycles. The molecule has 0 aromatic heterocycles. The lowest BCUT2D eigenvalue weighted by molar-refractivity contribution is 0.192. The number of methoxy groups -OCH3 is 1. The minimum atomic E-state index is -0.528. The van der Waals surface area contributed by atoms with Gasteiger partial charge < -0.3 is 4.74 Å². The monoisotopic (exact) mass is 218 g/mol. The van der Waals surface area contributed by atoms with Crippen LogP contribution in [0.15, 0.2) is 30.3 Å². The van der Waals surface area contributed by atoms with Crippen molar-refractivity contribution in [1.82, 2.24) is 5.32 Å². The molecule has 1 unspecified atom stereocenters. The number of hydrogen-bond donors (Lipinski definition) is 1. The minimum absolute atomic E-state index is 0.528. The number of rotatable bonds is 6. The second-order valence-electron chi connectivity index (χ2n) is 4.03. The molecule has 1 rings (SSSR count). The normalized spacial score (nSPS) is 14.1. The molecule has 86 valence electrons.